The Balaban J connectivity index is 3.94. The second kappa shape index (κ2) is 6.55. The summed E-state index contributed by atoms with van der Waals surface area (Å²) in [5, 5.41) is 0.0555. The zero-order valence-electron chi connectivity index (χ0n) is 7.37. The summed E-state index contributed by atoms with van der Waals surface area (Å²) in [5.74, 6) is 0. The molecule has 0 aromatic rings. The van der Waals surface area contributed by atoms with Gasteiger partial charge in [0.25, 0.3) is 0 Å². The average Bonchev–Trinajstić information content (AvgIpc) is 2.05. The van der Waals surface area contributed by atoms with E-state index in [-0.39, 0.29) is 5.25 Å². The molecule has 0 N–H and O–H groups in total. The van der Waals surface area contributed by atoms with Gasteiger partial charge < -0.3 is 0 Å². The van der Waals surface area contributed by atoms with E-state index in [9.17, 15) is 4.21 Å². The van der Waals surface area contributed by atoms with Crippen LogP contribution in [0.4, 0.5) is 0 Å². The molecule has 0 saturated heterocycles. The molecular weight excluding hydrogens is 160 g/mol. The van der Waals surface area contributed by atoms with Crippen molar-refractivity contribution in [3.05, 3.63) is 12.2 Å². The standard InChI is InChI=1S/C8H16O2S/c1-4-6-7-8(5-2)11(9)10-3/h6-8H,4-5H2,1-3H3. The van der Waals surface area contributed by atoms with Gasteiger partial charge in [0.2, 0.25) is 0 Å². The van der Waals surface area contributed by atoms with E-state index in [0.29, 0.717) is 0 Å². The molecule has 0 rings (SSSR count). The van der Waals surface area contributed by atoms with E-state index < -0.39 is 11.1 Å². The Morgan fingerprint density at radius 2 is 2.18 bits per heavy atom. The molecule has 2 nitrogen and oxygen atoms in total. The van der Waals surface area contributed by atoms with Gasteiger partial charge in [-0.25, -0.2) is 4.21 Å². The Bertz CT molecular complexity index is 143. The van der Waals surface area contributed by atoms with E-state index >= 15 is 0 Å². The first-order valence-electron chi connectivity index (χ1n) is 3.87. The lowest BCUT2D eigenvalue weighted by Crippen LogP contribution is -2.11. The first-order chi connectivity index (χ1) is 5.26. The SMILES string of the molecule is CCC=CC(CC)S(=O)OC. The van der Waals surface area contributed by atoms with Crippen LogP contribution in [0, 0.1) is 0 Å². The van der Waals surface area contributed by atoms with Gasteiger partial charge in [-0.05, 0) is 12.8 Å². The fourth-order valence-electron chi connectivity index (χ4n) is 0.748. The third kappa shape index (κ3) is 4.32. The summed E-state index contributed by atoms with van der Waals surface area (Å²) in [7, 11) is 1.47. The predicted octanol–water partition coefficient (Wildman–Crippen LogP) is 2.04. The first-order valence-corrected chi connectivity index (χ1v) is 5.01. The lowest BCUT2D eigenvalue weighted by Gasteiger charge is -2.06. The fourth-order valence-corrected chi connectivity index (χ4v) is 1.51. The highest BCUT2D eigenvalue weighted by molar-refractivity contribution is 7.81. The molecule has 0 aliphatic heterocycles. The minimum atomic E-state index is -1.15. The Labute approximate surface area is 71.3 Å². The monoisotopic (exact) mass is 176 g/mol. The smallest absolute Gasteiger partial charge is 0.162 e. The zero-order valence-corrected chi connectivity index (χ0v) is 8.19. The minimum Gasteiger partial charge on any atom is -0.293 e. The van der Waals surface area contributed by atoms with Crippen LogP contribution >= 0.6 is 0 Å². The van der Waals surface area contributed by atoms with E-state index in [2.05, 4.69) is 6.92 Å². The van der Waals surface area contributed by atoms with Crippen LogP contribution in [0.2, 0.25) is 0 Å². The maximum absolute atomic E-state index is 11.1. The molecule has 0 aliphatic carbocycles. The Morgan fingerprint density at radius 1 is 1.55 bits per heavy atom. The Hall–Kier alpha value is -0.150. The summed E-state index contributed by atoms with van der Waals surface area (Å²) in [6, 6.07) is 0. The molecule has 0 aromatic carbocycles. The third-order valence-electron chi connectivity index (χ3n) is 1.40. The maximum Gasteiger partial charge on any atom is 0.162 e. The molecule has 0 aromatic heterocycles. The summed E-state index contributed by atoms with van der Waals surface area (Å²) in [4.78, 5) is 0. The Morgan fingerprint density at radius 3 is 2.55 bits per heavy atom. The molecule has 0 heterocycles. The van der Waals surface area contributed by atoms with Crippen LogP contribution in [0.5, 0.6) is 0 Å². The van der Waals surface area contributed by atoms with Gasteiger partial charge in [-0.2, -0.15) is 0 Å². The van der Waals surface area contributed by atoms with Gasteiger partial charge >= 0.3 is 0 Å². The average molecular weight is 176 g/mol. The number of hydrogen-bond donors (Lipinski definition) is 0. The van der Waals surface area contributed by atoms with Crippen molar-refractivity contribution in [1.82, 2.24) is 0 Å². The lowest BCUT2D eigenvalue weighted by atomic mass is 10.3. The highest BCUT2D eigenvalue weighted by Crippen LogP contribution is 2.04. The fraction of sp³-hybridized carbons (Fsp3) is 0.750. The van der Waals surface area contributed by atoms with Crippen molar-refractivity contribution in [3.8, 4) is 0 Å². The molecule has 2 unspecified atom stereocenters. The summed E-state index contributed by atoms with van der Waals surface area (Å²) < 4.78 is 15.8. The van der Waals surface area contributed by atoms with Crippen molar-refractivity contribution < 1.29 is 8.39 Å². The highest BCUT2D eigenvalue weighted by Gasteiger charge is 2.09. The second-order valence-electron chi connectivity index (χ2n) is 2.21. The predicted molar refractivity (Wildman–Crippen MR) is 48.7 cm³/mol. The Kier molecular flexibility index (Phi) is 6.46. The van der Waals surface area contributed by atoms with Gasteiger partial charge in [-0.15, -0.1) is 0 Å². The van der Waals surface area contributed by atoms with E-state index in [4.69, 9.17) is 4.18 Å². The van der Waals surface area contributed by atoms with Gasteiger partial charge in [-0.1, -0.05) is 26.0 Å². The molecule has 11 heavy (non-hydrogen) atoms. The van der Waals surface area contributed by atoms with Crippen LogP contribution < -0.4 is 0 Å². The molecular formula is C8H16O2S. The maximum atomic E-state index is 11.1. The van der Waals surface area contributed by atoms with Gasteiger partial charge in [-0.3, -0.25) is 4.18 Å². The van der Waals surface area contributed by atoms with Crippen molar-refractivity contribution in [2.75, 3.05) is 7.11 Å². The largest absolute Gasteiger partial charge is 0.293 e. The zero-order chi connectivity index (χ0) is 8.69. The molecule has 2 atom stereocenters. The summed E-state index contributed by atoms with van der Waals surface area (Å²) in [5.41, 5.74) is 0. The molecule has 66 valence electrons. The van der Waals surface area contributed by atoms with Gasteiger partial charge in [0.15, 0.2) is 11.1 Å². The van der Waals surface area contributed by atoms with Crippen LogP contribution in [0.15, 0.2) is 12.2 Å². The lowest BCUT2D eigenvalue weighted by molar-refractivity contribution is 0.440. The van der Waals surface area contributed by atoms with E-state index in [1.54, 1.807) is 0 Å². The minimum absolute atomic E-state index is 0.0555. The summed E-state index contributed by atoms with van der Waals surface area (Å²) >= 11 is -1.15. The van der Waals surface area contributed by atoms with E-state index in [1.807, 2.05) is 19.1 Å². The van der Waals surface area contributed by atoms with Crippen LogP contribution in [0.3, 0.4) is 0 Å². The van der Waals surface area contributed by atoms with Crippen molar-refractivity contribution in [3.63, 3.8) is 0 Å². The molecule has 0 fully saturated rings. The summed E-state index contributed by atoms with van der Waals surface area (Å²) in [6.45, 7) is 4.06. The number of hydrogen-bond acceptors (Lipinski definition) is 2. The van der Waals surface area contributed by atoms with Crippen molar-refractivity contribution in [2.45, 2.75) is 31.9 Å². The van der Waals surface area contributed by atoms with E-state index in [0.717, 1.165) is 12.8 Å². The van der Waals surface area contributed by atoms with Gasteiger partial charge in [0.05, 0.1) is 12.4 Å². The molecule has 0 aliphatic rings. The van der Waals surface area contributed by atoms with Gasteiger partial charge in [0.1, 0.15) is 0 Å². The van der Waals surface area contributed by atoms with Crippen molar-refractivity contribution >= 4 is 11.1 Å². The van der Waals surface area contributed by atoms with Crippen LogP contribution in [0.25, 0.3) is 0 Å². The first kappa shape index (κ1) is 10.8. The topological polar surface area (TPSA) is 26.3 Å². The molecule has 3 heteroatoms. The quantitative estimate of drug-likeness (QED) is 0.599. The van der Waals surface area contributed by atoms with Crippen LogP contribution in [-0.2, 0) is 15.3 Å². The van der Waals surface area contributed by atoms with Crippen LogP contribution in [-0.4, -0.2) is 16.6 Å². The number of allylic oxidation sites excluding steroid dienone is 1. The van der Waals surface area contributed by atoms with Crippen molar-refractivity contribution in [2.24, 2.45) is 0 Å². The van der Waals surface area contributed by atoms with Crippen molar-refractivity contribution in [1.29, 1.82) is 0 Å². The highest BCUT2D eigenvalue weighted by atomic mass is 32.2. The molecule has 0 saturated carbocycles. The second-order valence-corrected chi connectivity index (χ2v) is 3.67. The molecule has 0 spiro atoms. The van der Waals surface area contributed by atoms with Crippen LogP contribution in [0.1, 0.15) is 26.7 Å². The molecule has 0 radical (unpaired) electrons. The summed E-state index contributed by atoms with van der Waals surface area (Å²) in [6.07, 6.45) is 5.82. The number of rotatable bonds is 5. The third-order valence-corrected chi connectivity index (χ3v) is 2.71. The molecule has 0 amide bonds. The normalized spacial score (nSPS) is 17.0. The van der Waals surface area contributed by atoms with E-state index in [1.165, 1.54) is 7.11 Å². The van der Waals surface area contributed by atoms with Gasteiger partial charge in [0, 0.05) is 0 Å². The molecule has 0 bridgehead atoms.